The number of hydrogen-bond donors (Lipinski definition) is 1. The van der Waals surface area contributed by atoms with Crippen LogP contribution in [0, 0.1) is 11.3 Å². The summed E-state index contributed by atoms with van der Waals surface area (Å²) in [6, 6.07) is 19.4. The Morgan fingerprint density at radius 1 is 1.15 bits per heavy atom. The van der Waals surface area contributed by atoms with Crippen LogP contribution in [0.25, 0.3) is 11.3 Å². The number of benzene rings is 2. The van der Waals surface area contributed by atoms with Crippen molar-refractivity contribution in [1.29, 1.82) is 5.26 Å². The molecular weight excluding hydrogens is 330 g/mol. The van der Waals surface area contributed by atoms with Crippen LogP contribution in [0.2, 0.25) is 0 Å². The summed E-state index contributed by atoms with van der Waals surface area (Å²) in [4.78, 5) is 12.0. The van der Waals surface area contributed by atoms with Crippen LogP contribution in [0.1, 0.15) is 21.7 Å². The van der Waals surface area contributed by atoms with E-state index < -0.39 is 0 Å². The molecule has 0 aliphatic carbocycles. The SMILES string of the molecule is COc1ccc(C(=O)N/N=C\c2ccc(-c3ccccc3C#N)o2)cc1. The van der Waals surface area contributed by atoms with Crippen molar-refractivity contribution in [2.45, 2.75) is 0 Å². The Bertz CT molecular complexity index is 982. The molecule has 0 bridgehead atoms. The van der Waals surface area contributed by atoms with Gasteiger partial charge in [-0.1, -0.05) is 12.1 Å². The van der Waals surface area contributed by atoms with E-state index in [9.17, 15) is 4.79 Å². The molecule has 2 aromatic carbocycles. The number of nitrogens with one attached hydrogen (secondary N) is 1. The summed E-state index contributed by atoms with van der Waals surface area (Å²) in [7, 11) is 1.56. The molecule has 0 unspecified atom stereocenters. The summed E-state index contributed by atoms with van der Waals surface area (Å²) in [6.07, 6.45) is 1.40. The first kappa shape index (κ1) is 17.0. The van der Waals surface area contributed by atoms with Crippen molar-refractivity contribution in [3.8, 4) is 23.1 Å². The fraction of sp³-hybridized carbons (Fsp3) is 0.0500. The molecule has 0 aliphatic rings. The number of amides is 1. The van der Waals surface area contributed by atoms with Gasteiger partial charge in [0.05, 0.1) is 25.0 Å². The lowest BCUT2D eigenvalue weighted by molar-refractivity contribution is 0.0955. The highest BCUT2D eigenvalue weighted by Crippen LogP contribution is 2.24. The minimum Gasteiger partial charge on any atom is -0.497 e. The highest BCUT2D eigenvalue weighted by Gasteiger charge is 2.08. The molecule has 1 aromatic heterocycles. The molecule has 26 heavy (non-hydrogen) atoms. The zero-order chi connectivity index (χ0) is 18.4. The van der Waals surface area contributed by atoms with Gasteiger partial charge >= 0.3 is 0 Å². The van der Waals surface area contributed by atoms with Gasteiger partial charge in [0.2, 0.25) is 0 Å². The number of nitrogens with zero attached hydrogens (tertiary/aromatic N) is 2. The Kier molecular flexibility index (Phi) is 5.11. The third kappa shape index (κ3) is 3.79. The summed E-state index contributed by atoms with van der Waals surface area (Å²) < 4.78 is 10.7. The molecule has 0 fully saturated rings. The predicted octanol–water partition coefficient (Wildman–Crippen LogP) is 3.59. The first-order valence-corrected chi connectivity index (χ1v) is 7.78. The maximum Gasteiger partial charge on any atom is 0.271 e. The molecule has 1 N–H and O–H groups in total. The van der Waals surface area contributed by atoms with E-state index in [0.29, 0.717) is 34.0 Å². The van der Waals surface area contributed by atoms with Crippen molar-refractivity contribution >= 4 is 12.1 Å². The van der Waals surface area contributed by atoms with Crippen molar-refractivity contribution in [2.75, 3.05) is 7.11 Å². The molecule has 3 rings (SSSR count). The number of methoxy groups -OCH3 is 1. The largest absolute Gasteiger partial charge is 0.497 e. The summed E-state index contributed by atoms with van der Waals surface area (Å²) in [6.45, 7) is 0. The quantitative estimate of drug-likeness (QED) is 0.565. The van der Waals surface area contributed by atoms with Gasteiger partial charge in [-0.3, -0.25) is 4.79 Å². The van der Waals surface area contributed by atoms with E-state index in [0.717, 1.165) is 0 Å². The van der Waals surface area contributed by atoms with E-state index >= 15 is 0 Å². The molecular formula is C20H15N3O3. The van der Waals surface area contributed by atoms with Gasteiger partial charge in [0.15, 0.2) is 0 Å². The molecule has 0 atom stereocenters. The lowest BCUT2D eigenvalue weighted by Gasteiger charge is -2.01. The molecule has 3 aromatic rings. The molecule has 128 valence electrons. The van der Waals surface area contributed by atoms with Crippen LogP contribution in [0.5, 0.6) is 5.75 Å². The number of furan rings is 1. The lowest BCUT2D eigenvalue weighted by atomic mass is 10.1. The average molecular weight is 345 g/mol. The van der Waals surface area contributed by atoms with Gasteiger partial charge in [-0.05, 0) is 48.5 Å². The second-order valence-corrected chi connectivity index (χ2v) is 5.29. The standard InChI is InChI=1S/C20H15N3O3/c1-25-16-8-6-14(7-9-16)20(24)23-22-13-17-10-11-19(26-17)18-5-3-2-4-15(18)12-21/h2-11,13H,1H3,(H,23,24)/b22-13-. The smallest absolute Gasteiger partial charge is 0.271 e. The van der Waals surface area contributed by atoms with Crippen LogP contribution in [-0.2, 0) is 0 Å². The van der Waals surface area contributed by atoms with Crippen molar-refractivity contribution in [3.63, 3.8) is 0 Å². The predicted molar refractivity (Wildman–Crippen MR) is 96.9 cm³/mol. The third-order valence-electron chi connectivity index (χ3n) is 3.65. The number of ether oxygens (including phenoxy) is 1. The summed E-state index contributed by atoms with van der Waals surface area (Å²) in [5.41, 5.74) is 4.13. The molecule has 0 spiro atoms. The minimum absolute atomic E-state index is 0.342. The summed E-state index contributed by atoms with van der Waals surface area (Å²) >= 11 is 0. The molecule has 0 radical (unpaired) electrons. The molecule has 1 amide bonds. The topological polar surface area (TPSA) is 87.6 Å². The zero-order valence-corrected chi connectivity index (χ0v) is 14.0. The average Bonchev–Trinajstić information content (AvgIpc) is 3.16. The first-order valence-electron chi connectivity index (χ1n) is 7.78. The maximum atomic E-state index is 12.0. The van der Waals surface area contributed by atoms with Crippen LogP contribution in [0.15, 0.2) is 70.2 Å². The van der Waals surface area contributed by atoms with Gasteiger partial charge in [0, 0.05) is 11.1 Å². The Hall–Kier alpha value is -3.85. The van der Waals surface area contributed by atoms with Crippen LogP contribution in [0.4, 0.5) is 0 Å². The number of carbonyl (C=O) groups is 1. The van der Waals surface area contributed by atoms with Gasteiger partial charge < -0.3 is 9.15 Å². The van der Waals surface area contributed by atoms with E-state index in [-0.39, 0.29) is 5.91 Å². The number of nitriles is 1. The monoisotopic (exact) mass is 345 g/mol. The van der Waals surface area contributed by atoms with Gasteiger partial charge in [0.1, 0.15) is 17.3 Å². The molecule has 0 saturated heterocycles. The molecule has 0 saturated carbocycles. The van der Waals surface area contributed by atoms with E-state index in [2.05, 4.69) is 16.6 Å². The van der Waals surface area contributed by atoms with E-state index in [4.69, 9.17) is 14.4 Å². The Morgan fingerprint density at radius 2 is 1.92 bits per heavy atom. The first-order chi connectivity index (χ1) is 12.7. The van der Waals surface area contributed by atoms with Crippen molar-refractivity contribution in [1.82, 2.24) is 5.43 Å². The Balaban J connectivity index is 1.67. The van der Waals surface area contributed by atoms with Crippen LogP contribution >= 0.6 is 0 Å². The maximum absolute atomic E-state index is 12.0. The number of hydrazone groups is 1. The fourth-order valence-electron chi connectivity index (χ4n) is 2.32. The highest BCUT2D eigenvalue weighted by atomic mass is 16.5. The molecule has 0 aliphatic heterocycles. The van der Waals surface area contributed by atoms with Gasteiger partial charge in [-0.2, -0.15) is 10.4 Å². The number of rotatable bonds is 5. The molecule has 6 heteroatoms. The second-order valence-electron chi connectivity index (χ2n) is 5.29. The Labute approximate surface area is 150 Å². The van der Waals surface area contributed by atoms with Gasteiger partial charge in [0.25, 0.3) is 5.91 Å². The van der Waals surface area contributed by atoms with Crippen molar-refractivity contribution < 1.29 is 13.9 Å². The highest BCUT2D eigenvalue weighted by molar-refractivity contribution is 5.94. The summed E-state index contributed by atoms with van der Waals surface area (Å²) in [5, 5.41) is 13.1. The van der Waals surface area contributed by atoms with Crippen LogP contribution < -0.4 is 10.2 Å². The summed E-state index contributed by atoms with van der Waals surface area (Å²) in [5.74, 6) is 1.35. The number of hydrogen-bond acceptors (Lipinski definition) is 5. The normalized spacial score (nSPS) is 10.5. The van der Waals surface area contributed by atoms with Gasteiger partial charge in [-0.15, -0.1) is 0 Å². The molecule has 1 heterocycles. The zero-order valence-electron chi connectivity index (χ0n) is 14.0. The number of carbonyl (C=O) groups excluding carboxylic acids is 1. The van der Waals surface area contributed by atoms with Crippen molar-refractivity contribution in [2.24, 2.45) is 5.10 Å². The minimum atomic E-state index is -0.342. The van der Waals surface area contributed by atoms with E-state index in [1.54, 1.807) is 55.6 Å². The van der Waals surface area contributed by atoms with Crippen molar-refractivity contribution in [3.05, 3.63) is 77.6 Å². The molecule has 6 nitrogen and oxygen atoms in total. The second kappa shape index (κ2) is 7.81. The lowest BCUT2D eigenvalue weighted by Crippen LogP contribution is -2.17. The van der Waals surface area contributed by atoms with E-state index in [1.807, 2.05) is 12.1 Å². The van der Waals surface area contributed by atoms with E-state index in [1.165, 1.54) is 6.21 Å². The Morgan fingerprint density at radius 3 is 2.65 bits per heavy atom. The fourth-order valence-corrected chi connectivity index (χ4v) is 2.32. The third-order valence-corrected chi connectivity index (χ3v) is 3.65. The van der Waals surface area contributed by atoms with Crippen LogP contribution in [-0.4, -0.2) is 19.2 Å². The van der Waals surface area contributed by atoms with Crippen LogP contribution in [0.3, 0.4) is 0 Å². The van der Waals surface area contributed by atoms with Gasteiger partial charge in [-0.25, -0.2) is 5.43 Å².